The molecule has 0 bridgehead atoms. The normalized spacial score (nSPS) is 19.1. The van der Waals surface area contributed by atoms with Gasteiger partial charge in [-0.15, -0.1) is 0 Å². The summed E-state index contributed by atoms with van der Waals surface area (Å²) >= 11 is 0. The largest absolute Gasteiger partial charge is 0.390 e. The molecule has 0 spiro atoms. The van der Waals surface area contributed by atoms with Gasteiger partial charge in [0, 0.05) is 30.1 Å². The molecule has 0 aliphatic heterocycles. The first-order valence-corrected chi connectivity index (χ1v) is 8.79. The van der Waals surface area contributed by atoms with E-state index in [1.54, 1.807) is 0 Å². The third kappa shape index (κ3) is 2.83. The molecule has 1 heterocycles. The number of nitrogens with one attached hydrogen (secondary N) is 1. The minimum absolute atomic E-state index is 0.0558. The number of carbonyl (C=O) groups is 1. The van der Waals surface area contributed by atoms with Crippen LogP contribution < -0.4 is 5.32 Å². The van der Waals surface area contributed by atoms with Crippen molar-refractivity contribution < 1.29 is 9.90 Å². The van der Waals surface area contributed by atoms with Gasteiger partial charge in [0.25, 0.3) is 0 Å². The molecule has 1 aromatic heterocycles. The maximum atomic E-state index is 12.6. The average Bonchev–Trinajstić information content (AvgIpc) is 3.13. The van der Waals surface area contributed by atoms with Gasteiger partial charge in [0.05, 0.1) is 18.6 Å². The molecule has 2 aromatic carbocycles. The molecule has 0 fully saturated rings. The third-order valence-corrected chi connectivity index (χ3v) is 5.08. The van der Waals surface area contributed by atoms with Crippen molar-refractivity contribution in [3.8, 4) is 0 Å². The predicted molar refractivity (Wildman–Crippen MR) is 98.4 cm³/mol. The minimum atomic E-state index is -0.557. The molecule has 1 amide bonds. The molecule has 2 N–H and O–H groups in total. The molecule has 25 heavy (non-hydrogen) atoms. The van der Waals surface area contributed by atoms with Gasteiger partial charge in [-0.05, 0) is 29.7 Å². The Balaban J connectivity index is 1.56. The Morgan fingerprint density at radius 1 is 1.20 bits per heavy atom. The Hall–Kier alpha value is -2.59. The van der Waals surface area contributed by atoms with Crippen molar-refractivity contribution in [3.05, 3.63) is 71.4 Å². The van der Waals surface area contributed by atoms with Gasteiger partial charge in [0.1, 0.15) is 0 Å². The molecule has 1 aliphatic carbocycles. The van der Waals surface area contributed by atoms with Crippen LogP contribution in [-0.2, 0) is 24.2 Å². The fraction of sp³-hybridized carbons (Fsp3) is 0.286. The molecular formula is C21H22N2O2. The van der Waals surface area contributed by atoms with Crippen LogP contribution in [0.5, 0.6) is 0 Å². The van der Waals surface area contributed by atoms with Crippen LogP contribution in [-0.4, -0.2) is 21.7 Å². The van der Waals surface area contributed by atoms with Crippen LogP contribution in [0.1, 0.15) is 29.7 Å². The quantitative estimate of drug-likeness (QED) is 0.771. The van der Waals surface area contributed by atoms with Crippen LogP contribution in [0, 0.1) is 0 Å². The highest BCUT2D eigenvalue weighted by Crippen LogP contribution is 2.31. The Morgan fingerprint density at radius 3 is 2.80 bits per heavy atom. The van der Waals surface area contributed by atoms with E-state index in [0.717, 1.165) is 34.1 Å². The van der Waals surface area contributed by atoms with Crippen LogP contribution in [0.25, 0.3) is 10.9 Å². The molecule has 1 aliphatic rings. The number of rotatable bonds is 4. The molecule has 0 radical (unpaired) electrons. The van der Waals surface area contributed by atoms with Gasteiger partial charge < -0.3 is 15.0 Å². The lowest BCUT2D eigenvalue weighted by molar-refractivity contribution is -0.121. The van der Waals surface area contributed by atoms with Gasteiger partial charge in [-0.1, -0.05) is 42.5 Å². The average molecular weight is 334 g/mol. The van der Waals surface area contributed by atoms with E-state index in [9.17, 15) is 9.90 Å². The highest BCUT2D eigenvalue weighted by atomic mass is 16.3. The number of aliphatic hydroxyl groups is 1. The van der Waals surface area contributed by atoms with Crippen molar-refractivity contribution in [2.45, 2.75) is 38.5 Å². The lowest BCUT2D eigenvalue weighted by Gasteiger charge is -2.17. The molecule has 2 unspecified atom stereocenters. The van der Waals surface area contributed by atoms with Crippen molar-refractivity contribution in [1.29, 1.82) is 0 Å². The van der Waals surface area contributed by atoms with Gasteiger partial charge in [-0.2, -0.15) is 0 Å². The fourth-order valence-electron chi connectivity index (χ4n) is 3.87. The summed E-state index contributed by atoms with van der Waals surface area (Å²) in [7, 11) is 0. The minimum Gasteiger partial charge on any atom is -0.390 e. The number of amides is 1. The van der Waals surface area contributed by atoms with E-state index in [1.165, 1.54) is 0 Å². The number of fused-ring (bicyclic) bond motifs is 2. The number of hydrogen-bond donors (Lipinski definition) is 2. The summed E-state index contributed by atoms with van der Waals surface area (Å²) in [5, 5.41) is 14.5. The zero-order valence-corrected chi connectivity index (χ0v) is 14.3. The molecule has 3 aromatic rings. The Labute approximate surface area is 147 Å². The smallest absolute Gasteiger partial charge is 0.225 e. The second-order valence-electron chi connectivity index (χ2n) is 6.65. The van der Waals surface area contributed by atoms with Crippen molar-refractivity contribution >= 4 is 16.8 Å². The van der Waals surface area contributed by atoms with Crippen molar-refractivity contribution in [2.75, 3.05) is 0 Å². The van der Waals surface area contributed by atoms with Crippen molar-refractivity contribution in [1.82, 2.24) is 9.88 Å². The molecule has 4 rings (SSSR count). The SMILES string of the molecule is CCn1cc(CC(=O)NC2c3ccccc3CC2O)c2ccccc21. The monoisotopic (exact) mass is 334 g/mol. The molecular weight excluding hydrogens is 312 g/mol. The molecule has 0 saturated heterocycles. The van der Waals surface area contributed by atoms with E-state index in [0.29, 0.717) is 12.8 Å². The summed E-state index contributed by atoms with van der Waals surface area (Å²) in [5.41, 5.74) is 4.32. The van der Waals surface area contributed by atoms with Gasteiger partial charge in [0.15, 0.2) is 0 Å². The second kappa shape index (κ2) is 6.37. The van der Waals surface area contributed by atoms with E-state index in [1.807, 2.05) is 36.4 Å². The predicted octanol–water partition coefficient (Wildman–Crippen LogP) is 2.98. The number of aryl methyl sites for hydroxylation is 1. The maximum absolute atomic E-state index is 12.6. The first kappa shape index (κ1) is 15.9. The molecule has 0 saturated carbocycles. The summed E-state index contributed by atoms with van der Waals surface area (Å²) in [5.74, 6) is -0.0558. The van der Waals surface area contributed by atoms with Gasteiger partial charge in [0.2, 0.25) is 5.91 Å². The lowest BCUT2D eigenvalue weighted by Crippen LogP contribution is -2.34. The number of aliphatic hydroxyl groups excluding tert-OH is 1. The van der Waals surface area contributed by atoms with Crippen LogP contribution in [0.4, 0.5) is 0 Å². The van der Waals surface area contributed by atoms with Crippen LogP contribution in [0.15, 0.2) is 54.7 Å². The number of carbonyl (C=O) groups excluding carboxylic acids is 1. The van der Waals surface area contributed by atoms with E-state index in [-0.39, 0.29) is 11.9 Å². The molecule has 4 heteroatoms. The second-order valence-corrected chi connectivity index (χ2v) is 6.65. The van der Waals surface area contributed by atoms with Crippen molar-refractivity contribution in [3.63, 3.8) is 0 Å². The summed E-state index contributed by atoms with van der Waals surface area (Å²) < 4.78 is 2.16. The highest BCUT2D eigenvalue weighted by Gasteiger charge is 2.31. The van der Waals surface area contributed by atoms with E-state index in [4.69, 9.17) is 0 Å². The standard InChI is InChI=1S/C21H22N2O2/c1-2-23-13-15(16-8-5-6-10-18(16)23)12-20(25)22-21-17-9-4-3-7-14(17)11-19(21)24/h3-10,13,19,21,24H,2,11-12H2,1H3,(H,22,25). The van der Waals surface area contributed by atoms with Gasteiger partial charge in [-0.25, -0.2) is 0 Å². The Bertz CT molecular complexity index is 929. The Morgan fingerprint density at radius 2 is 1.96 bits per heavy atom. The third-order valence-electron chi connectivity index (χ3n) is 5.08. The van der Waals surface area contributed by atoms with Gasteiger partial charge >= 0.3 is 0 Å². The Kier molecular flexibility index (Phi) is 4.06. The zero-order chi connectivity index (χ0) is 17.4. The molecule has 4 nitrogen and oxygen atoms in total. The number of benzene rings is 2. The zero-order valence-electron chi connectivity index (χ0n) is 14.3. The fourth-order valence-corrected chi connectivity index (χ4v) is 3.87. The number of aromatic nitrogens is 1. The first-order chi connectivity index (χ1) is 12.2. The van der Waals surface area contributed by atoms with Crippen LogP contribution in [0.3, 0.4) is 0 Å². The van der Waals surface area contributed by atoms with Gasteiger partial charge in [-0.3, -0.25) is 4.79 Å². The highest BCUT2D eigenvalue weighted by molar-refractivity contribution is 5.89. The summed E-state index contributed by atoms with van der Waals surface area (Å²) in [6.45, 7) is 2.97. The van der Waals surface area contributed by atoms with E-state index >= 15 is 0 Å². The number of para-hydroxylation sites is 1. The molecule has 2 atom stereocenters. The summed E-state index contributed by atoms with van der Waals surface area (Å²) in [4.78, 5) is 12.6. The topological polar surface area (TPSA) is 54.3 Å². The summed E-state index contributed by atoms with van der Waals surface area (Å²) in [6.07, 6.45) is 2.41. The van der Waals surface area contributed by atoms with Crippen LogP contribution >= 0.6 is 0 Å². The first-order valence-electron chi connectivity index (χ1n) is 8.79. The van der Waals surface area contributed by atoms with Crippen molar-refractivity contribution in [2.24, 2.45) is 0 Å². The maximum Gasteiger partial charge on any atom is 0.225 e. The number of hydrogen-bond acceptors (Lipinski definition) is 2. The lowest BCUT2D eigenvalue weighted by atomic mass is 10.1. The number of nitrogens with zero attached hydrogens (tertiary/aromatic N) is 1. The summed E-state index contributed by atoms with van der Waals surface area (Å²) in [6, 6.07) is 15.8. The van der Waals surface area contributed by atoms with E-state index in [2.05, 4.69) is 35.1 Å². The van der Waals surface area contributed by atoms with E-state index < -0.39 is 6.10 Å². The van der Waals surface area contributed by atoms with Crippen LogP contribution in [0.2, 0.25) is 0 Å². The molecule has 128 valence electrons.